The molecule has 2 aromatic rings. The molecule has 0 radical (unpaired) electrons. The molecule has 0 saturated carbocycles. The highest BCUT2D eigenvalue weighted by Gasteiger charge is 2.33. The van der Waals surface area contributed by atoms with Crippen molar-refractivity contribution in [3.63, 3.8) is 0 Å². The highest BCUT2D eigenvalue weighted by molar-refractivity contribution is 5.81. The number of aromatic nitrogens is 4. The molecule has 9 nitrogen and oxygen atoms in total. The van der Waals surface area contributed by atoms with Crippen LogP contribution in [0.1, 0.15) is 23.9 Å². The molecule has 1 amide bonds. The molecule has 2 heterocycles. The molecule has 2 atom stereocenters. The van der Waals surface area contributed by atoms with E-state index in [9.17, 15) is 14.0 Å². The number of carbonyl (C=O) groups is 2. The van der Waals surface area contributed by atoms with Gasteiger partial charge in [0.15, 0.2) is 0 Å². The Bertz CT molecular complexity index is 827. The number of aliphatic carboxylic acids is 1. The highest BCUT2D eigenvalue weighted by Crippen LogP contribution is 2.20. The minimum Gasteiger partial charge on any atom is -0.481 e. The molecule has 1 aliphatic heterocycles. The number of benzene rings is 1. The Morgan fingerprint density at radius 1 is 1.44 bits per heavy atom. The van der Waals surface area contributed by atoms with Crippen LogP contribution in [0.5, 0.6) is 0 Å². The van der Waals surface area contributed by atoms with Crippen LogP contribution in [0.25, 0.3) is 0 Å². The van der Waals surface area contributed by atoms with Crippen LogP contribution in [0.4, 0.5) is 4.39 Å². The smallest absolute Gasteiger partial charge is 0.306 e. The number of aryl methyl sites for hydroxylation is 1. The maximum atomic E-state index is 13.6. The van der Waals surface area contributed by atoms with E-state index in [0.717, 1.165) is 0 Å². The van der Waals surface area contributed by atoms with Gasteiger partial charge in [-0.25, -0.2) is 9.07 Å². The van der Waals surface area contributed by atoms with Gasteiger partial charge in [-0.15, -0.1) is 5.10 Å². The van der Waals surface area contributed by atoms with Crippen LogP contribution < -0.4 is 0 Å². The Balaban J connectivity index is 1.82. The van der Waals surface area contributed by atoms with E-state index in [4.69, 9.17) is 9.84 Å². The van der Waals surface area contributed by atoms with Gasteiger partial charge in [0.1, 0.15) is 17.7 Å². The van der Waals surface area contributed by atoms with Gasteiger partial charge in [0.05, 0.1) is 19.1 Å². The van der Waals surface area contributed by atoms with E-state index in [2.05, 4.69) is 15.5 Å². The van der Waals surface area contributed by atoms with Gasteiger partial charge in [-0.1, -0.05) is 12.1 Å². The van der Waals surface area contributed by atoms with Crippen LogP contribution in [0.15, 0.2) is 24.3 Å². The summed E-state index contributed by atoms with van der Waals surface area (Å²) in [7, 11) is 0. The fraction of sp³-hybridized carbons (Fsp3) is 0.471. The summed E-state index contributed by atoms with van der Waals surface area (Å²) < 4.78 is 20.4. The van der Waals surface area contributed by atoms with Crippen molar-refractivity contribution >= 4 is 11.9 Å². The van der Waals surface area contributed by atoms with E-state index in [1.165, 1.54) is 16.8 Å². The van der Waals surface area contributed by atoms with Gasteiger partial charge in [0.25, 0.3) is 0 Å². The van der Waals surface area contributed by atoms with Crippen LogP contribution >= 0.6 is 0 Å². The molecule has 0 bridgehead atoms. The molecule has 1 saturated heterocycles. The fourth-order valence-electron chi connectivity index (χ4n) is 3.14. The second-order valence-corrected chi connectivity index (χ2v) is 6.40. The lowest BCUT2D eigenvalue weighted by Crippen LogP contribution is -2.49. The first-order valence-corrected chi connectivity index (χ1v) is 8.55. The van der Waals surface area contributed by atoms with Crippen molar-refractivity contribution in [3.05, 3.63) is 41.5 Å². The monoisotopic (exact) mass is 377 g/mol. The van der Waals surface area contributed by atoms with Crippen molar-refractivity contribution in [2.24, 2.45) is 0 Å². The first kappa shape index (κ1) is 18.9. The summed E-state index contributed by atoms with van der Waals surface area (Å²) in [5.74, 6) is -1.17. The molecule has 1 fully saturated rings. The maximum absolute atomic E-state index is 13.6. The van der Waals surface area contributed by atoms with Gasteiger partial charge in [-0.2, -0.15) is 0 Å². The molecular formula is C17H20FN5O4. The van der Waals surface area contributed by atoms with Crippen molar-refractivity contribution in [2.45, 2.75) is 31.9 Å². The average molecular weight is 377 g/mol. The summed E-state index contributed by atoms with van der Waals surface area (Å²) in [5, 5.41) is 20.3. The lowest BCUT2D eigenvalue weighted by Gasteiger charge is -2.34. The number of hydrogen-bond acceptors (Lipinski definition) is 6. The Morgan fingerprint density at radius 2 is 2.26 bits per heavy atom. The van der Waals surface area contributed by atoms with Crippen molar-refractivity contribution in [3.8, 4) is 0 Å². The van der Waals surface area contributed by atoms with Crippen LogP contribution in [-0.4, -0.2) is 67.9 Å². The quantitative estimate of drug-likeness (QED) is 0.785. The second kappa shape index (κ2) is 8.21. The number of hydrogen-bond donors (Lipinski definition) is 1. The standard InChI is InChI=1S/C17H20FN5O4/c1-11-19-20-21-23(11)15(8-12-3-2-4-13(18)7-12)17(26)22-5-6-27-14(10-22)9-16(24)25/h2-4,7,14-15H,5-6,8-10H2,1H3,(H,24,25)/t14-,15+/m0/s1. The van der Waals surface area contributed by atoms with Crippen LogP contribution in [-0.2, 0) is 20.7 Å². The number of nitrogens with zero attached hydrogens (tertiary/aromatic N) is 5. The maximum Gasteiger partial charge on any atom is 0.306 e. The number of carboxylic acid groups (broad SMARTS) is 1. The average Bonchev–Trinajstić information content (AvgIpc) is 3.04. The Labute approximate surface area is 154 Å². The third-order valence-electron chi connectivity index (χ3n) is 4.41. The van der Waals surface area contributed by atoms with Crippen LogP contribution in [0.3, 0.4) is 0 Å². The second-order valence-electron chi connectivity index (χ2n) is 6.40. The minimum atomic E-state index is -0.984. The topological polar surface area (TPSA) is 110 Å². The fourth-order valence-corrected chi connectivity index (χ4v) is 3.14. The zero-order valence-electron chi connectivity index (χ0n) is 14.8. The molecule has 0 unspecified atom stereocenters. The largest absolute Gasteiger partial charge is 0.481 e. The first-order chi connectivity index (χ1) is 12.9. The number of morpholine rings is 1. The zero-order chi connectivity index (χ0) is 19.4. The molecule has 10 heteroatoms. The SMILES string of the molecule is Cc1nnnn1[C@H](Cc1cccc(F)c1)C(=O)N1CCO[C@@H](CC(=O)O)C1. The number of carboxylic acids is 1. The highest BCUT2D eigenvalue weighted by atomic mass is 19.1. The van der Waals surface area contributed by atoms with Crippen molar-refractivity contribution in [1.29, 1.82) is 0 Å². The molecule has 1 aliphatic rings. The summed E-state index contributed by atoms with van der Waals surface area (Å²) in [6.45, 7) is 2.45. The predicted molar refractivity (Wildman–Crippen MR) is 90.3 cm³/mol. The van der Waals surface area contributed by atoms with E-state index < -0.39 is 18.1 Å². The third-order valence-corrected chi connectivity index (χ3v) is 4.41. The number of amides is 1. The molecular weight excluding hydrogens is 357 g/mol. The van der Waals surface area contributed by atoms with Crippen LogP contribution in [0.2, 0.25) is 0 Å². The van der Waals surface area contributed by atoms with Gasteiger partial charge >= 0.3 is 5.97 Å². The van der Waals surface area contributed by atoms with E-state index in [-0.39, 0.29) is 37.7 Å². The Morgan fingerprint density at radius 3 is 2.93 bits per heavy atom. The number of ether oxygens (including phenoxy) is 1. The van der Waals surface area contributed by atoms with E-state index in [0.29, 0.717) is 17.9 Å². The summed E-state index contributed by atoms with van der Waals surface area (Å²) in [5.41, 5.74) is 0.638. The molecule has 1 N–H and O–H groups in total. The zero-order valence-corrected chi connectivity index (χ0v) is 14.8. The van der Waals surface area contributed by atoms with Crippen molar-refractivity contribution in [1.82, 2.24) is 25.1 Å². The Kier molecular flexibility index (Phi) is 5.75. The van der Waals surface area contributed by atoms with Crippen molar-refractivity contribution < 1.29 is 23.8 Å². The van der Waals surface area contributed by atoms with E-state index >= 15 is 0 Å². The summed E-state index contributed by atoms with van der Waals surface area (Å²) in [6.07, 6.45) is -0.531. The normalized spacial score (nSPS) is 18.3. The lowest BCUT2D eigenvalue weighted by molar-refractivity contribution is -0.149. The Hall–Kier alpha value is -2.88. The van der Waals surface area contributed by atoms with Gasteiger partial charge < -0.3 is 14.7 Å². The third kappa shape index (κ3) is 4.64. The van der Waals surface area contributed by atoms with E-state index in [1.807, 2.05) is 0 Å². The molecule has 0 spiro atoms. The molecule has 1 aromatic heterocycles. The predicted octanol–water partition coefficient (Wildman–Crippen LogP) is 0.607. The number of halogens is 1. The van der Waals surface area contributed by atoms with Gasteiger partial charge in [0, 0.05) is 19.5 Å². The number of rotatable bonds is 6. The van der Waals surface area contributed by atoms with Gasteiger partial charge in [0.2, 0.25) is 5.91 Å². The van der Waals surface area contributed by atoms with E-state index in [1.54, 1.807) is 24.0 Å². The van der Waals surface area contributed by atoms with Crippen LogP contribution in [0, 0.1) is 12.7 Å². The lowest BCUT2D eigenvalue weighted by atomic mass is 10.0. The minimum absolute atomic E-state index is 0.173. The number of carbonyl (C=O) groups excluding carboxylic acids is 1. The molecule has 27 heavy (non-hydrogen) atoms. The molecule has 0 aliphatic carbocycles. The molecule has 1 aromatic carbocycles. The molecule has 144 valence electrons. The van der Waals surface area contributed by atoms with Crippen molar-refractivity contribution in [2.75, 3.05) is 19.7 Å². The first-order valence-electron chi connectivity index (χ1n) is 8.55. The summed E-state index contributed by atoms with van der Waals surface area (Å²) in [4.78, 5) is 25.7. The van der Waals surface area contributed by atoms with Gasteiger partial charge in [-0.05, 0) is 35.0 Å². The number of tetrazole rings is 1. The summed E-state index contributed by atoms with van der Waals surface area (Å²) >= 11 is 0. The molecule has 3 rings (SSSR count). The van der Waals surface area contributed by atoms with Gasteiger partial charge in [-0.3, -0.25) is 9.59 Å². The summed E-state index contributed by atoms with van der Waals surface area (Å²) in [6, 6.07) is 5.25.